The van der Waals surface area contributed by atoms with Gasteiger partial charge in [-0.15, -0.1) is 0 Å². The number of fused-ring (bicyclic) bond motifs is 1. The molecule has 0 saturated heterocycles. The Balaban J connectivity index is 1.69. The number of nitrogens with one attached hydrogen (secondary N) is 1. The largest absolute Gasteiger partial charge is 0.398 e. The van der Waals surface area contributed by atoms with E-state index in [1.54, 1.807) is 56.1 Å². The van der Waals surface area contributed by atoms with E-state index in [0.717, 1.165) is 6.21 Å². The second-order valence-electron chi connectivity index (χ2n) is 8.60. The SMILES string of the molecule is Cc1cc(-c2ccc(C(C)(C)O)c(N)c2C=N)cc(F)c1CN1Cc2ncccc2C1=O. The van der Waals surface area contributed by atoms with Crippen molar-refractivity contribution in [2.24, 2.45) is 0 Å². The molecule has 0 unspecified atom stereocenters. The first-order valence-corrected chi connectivity index (χ1v) is 10.3. The predicted molar refractivity (Wildman–Crippen MR) is 122 cm³/mol. The van der Waals surface area contributed by atoms with Gasteiger partial charge < -0.3 is 21.1 Å². The zero-order chi connectivity index (χ0) is 23.2. The van der Waals surface area contributed by atoms with Crippen LogP contribution in [0.3, 0.4) is 0 Å². The zero-order valence-corrected chi connectivity index (χ0v) is 18.2. The molecule has 7 heteroatoms. The summed E-state index contributed by atoms with van der Waals surface area (Å²) in [5.41, 5.74) is 9.86. The van der Waals surface area contributed by atoms with Gasteiger partial charge in [0.05, 0.1) is 23.4 Å². The number of aryl methyl sites for hydroxylation is 1. The Morgan fingerprint density at radius 1 is 1.28 bits per heavy atom. The maximum absolute atomic E-state index is 15.2. The minimum absolute atomic E-state index is 0.143. The summed E-state index contributed by atoms with van der Waals surface area (Å²) >= 11 is 0. The highest BCUT2D eigenvalue weighted by molar-refractivity contribution is 5.98. The number of halogens is 1. The van der Waals surface area contributed by atoms with Gasteiger partial charge in [0.15, 0.2) is 0 Å². The van der Waals surface area contributed by atoms with E-state index in [2.05, 4.69) is 4.98 Å². The van der Waals surface area contributed by atoms with E-state index in [-0.39, 0.29) is 12.5 Å². The number of rotatable bonds is 5. The van der Waals surface area contributed by atoms with Crippen LogP contribution >= 0.6 is 0 Å². The third kappa shape index (κ3) is 3.65. The minimum atomic E-state index is -1.17. The number of amides is 1. The van der Waals surface area contributed by atoms with E-state index in [1.165, 1.54) is 6.07 Å². The monoisotopic (exact) mass is 432 g/mol. The van der Waals surface area contributed by atoms with Crippen molar-refractivity contribution in [2.75, 3.05) is 5.73 Å². The highest BCUT2D eigenvalue weighted by atomic mass is 19.1. The molecule has 0 saturated carbocycles. The summed E-state index contributed by atoms with van der Waals surface area (Å²) < 4.78 is 15.2. The summed E-state index contributed by atoms with van der Waals surface area (Å²) in [6.45, 7) is 5.54. The second-order valence-corrected chi connectivity index (χ2v) is 8.60. The van der Waals surface area contributed by atoms with E-state index in [0.29, 0.717) is 56.9 Å². The van der Waals surface area contributed by atoms with Gasteiger partial charge >= 0.3 is 0 Å². The molecular weight excluding hydrogens is 407 g/mol. The van der Waals surface area contributed by atoms with Crippen molar-refractivity contribution in [3.63, 3.8) is 0 Å². The van der Waals surface area contributed by atoms with Crippen LogP contribution in [-0.2, 0) is 18.7 Å². The van der Waals surface area contributed by atoms with Crippen LogP contribution in [-0.4, -0.2) is 27.1 Å². The zero-order valence-electron chi connectivity index (χ0n) is 18.2. The smallest absolute Gasteiger partial charge is 0.256 e. The molecule has 2 heterocycles. The highest BCUT2D eigenvalue weighted by Gasteiger charge is 2.29. The van der Waals surface area contributed by atoms with Crippen LogP contribution in [0.4, 0.5) is 10.1 Å². The molecule has 6 nitrogen and oxygen atoms in total. The molecule has 164 valence electrons. The fourth-order valence-corrected chi connectivity index (χ4v) is 4.21. The molecule has 1 amide bonds. The lowest BCUT2D eigenvalue weighted by atomic mass is 9.88. The van der Waals surface area contributed by atoms with Crippen LogP contribution in [0.15, 0.2) is 42.6 Å². The van der Waals surface area contributed by atoms with Crippen molar-refractivity contribution in [1.29, 1.82) is 5.41 Å². The normalized spacial score (nSPS) is 13.4. The molecule has 4 rings (SSSR count). The average molecular weight is 432 g/mol. The Labute approximate surface area is 186 Å². The number of nitrogen functional groups attached to an aromatic ring is 1. The van der Waals surface area contributed by atoms with Crippen LogP contribution in [0.2, 0.25) is 0 Å². The van der Waals surface area contributed by atoms with Gasteiger partial charge in [-0.3, -0.25) is 9.78 Å². The van der Waals surface area contributed by atoms with Gasteiger partial charge in [0.2, 0.25) is 0 Å². The number of aliphatic hydroxyl groups is 1. The number of pyridine rings is 1. The minimum Gasteiger partial charge on any atom is -0.398 e. The summed E-state index contributed by atoms with van der Waals surface area (Å²) in [6, 6.07) is 10.1. The summed E-state index contributed by atoms with van der Waals surface area (Å²) in [7, 11) is 0. The first kappa shape index (κ1) is 21.6. The maximum Gasteiger partial charge on any atom is 0.256 e. The Morgan fingerprint density at radius 3 is 2.66 bits per heavy atom. The van der Waals surface area contributed by atoms with Crippen molar-refractivity contribution in [2.45, 2.75) is 39.5 Å². The standard InChI is InChI=1S/C25H25FN4O2/c1-14-9-15(16-6-7-20(25(2,3)32)23(28)18(16)11-27)10-21(26)19(14)12-30-13-22-17(24(30)31)5-4-8-29-22/h4-11,27,32H,12-13,28H2,1-3H3. The summed E-state index contributed by atoms with van der Waals surface area (Å²) in [6.07, 6.45) is 2.76. The Hall–Kier alpha value is -3.58. The van der Waals surface area contributed by atoms with Gasteiger partial charge in [0.25, 0.3) is 5.91 Å². The summed E-state index contributed by atoms with van der Waals surface area (Å²) in [5, 5.41) is 18.2. The van der Waals surface area contributed by atoms with E-state index in [4.69, 9.17) is 11.1 Å². The number of anilines is 1. The van der Waals surface area contributed by atoms with Crippen molar-refractivity contribution in [1.82, 2.24) is 9.88 Å². The van der Waals surface area contributed by atoms with Crippen molar-refractivity contribution >= 4 is 17.8 Å². The molecule has 0 spiro atoms. The molecule has 3 aromatic rings. The third-order valence-electron chi connectivity index (χ3n) is 5.92. The lowest BCUT2D eigenvalue weighted by Crippen LogP contribution is -2.24. The van der Waals surface area contributed by atoms with Gasteiger partial charge in [-0.25, -0.2) is 4.39 Å². The van der Waals surface area contributed by atoms with Crippen molar-refractivity contribution in [3.8, 4) is 11.1 Å². The molecule has 0 fully saturated rings. The fourth-order valence-electron chi connectivity index (χ4n) is 4.21. The molecule has 0 bridgehead atoms. The number of carbonyl (C=O) groups is 1. The molecular formula is C25H25FN4O2. The first-order chi connectivity index (χ1) is 15.1. The van der Waals surface area contributed by atoms with Crippen LogP contribution < -0.4 is 5.73 Å². The Kier molecular flexibility index (Phi) is 5.30. The molecule has 1 aliphatic heterocycles. The van der Waals surface area contributed by atoms with Crippen LogP contribution in [0.25, 0.3) is 11.1 Å². The number of nitrogens with zero attached hydrogens (tertiary/aromatic N) is 2. The lowest BCUT2D eigenvalue weighted by Gasteiger charge is -2.23. The van der Waals surface area contributed by atoms with E-state index >= 15 is 4.39 Å². The summed E-state index contributed by atoms with van der Waals surface area (Å²) in [5.74, 6) is -0.588. The van der Waals surface area contributed by atoms with Crippen molar-refractivity contribution in [3.05, 3.63) is 81.9 Å². The Bertz CT molecular complexity index is 1220. The van der Waals surface area contributed by atoms with Gasteiger partial charge in [0, 0.05) is 41.3 Å². The molecule has 1 aliphatic rings. The van der Waals surface area contributed by atoms with Crippen LogP contribution in [0.1, 0.15) is 52.2 Å². The molecule has 4 N–H and O–H groups in total. The van der Waals surface area contributed by atoms with Gasteiger partial charge in [-0.05, 0) is 55.7 Å². The number of nitrogens with two attached hydrogens (primary N) is 1. The van der Waals surface area contributed by atoms with Gasteiger partial charge in [0.1, 0.15) is 5.82 Å². The number of aromatic nitrogens is 1. The highest BCUT2D eigenvalue weighted by Crippen LogP contribution is 2.36. The lowest BCUT2D eigenvalue weighted by molar-refractivity contribution is 0.0763. The quantitative estimate of drug-likeness (QED) is 0.416. The predicted octanol–water partition coefficient (Wildman–Crippen LogP) is 4.16. The fraction of sp³-hybridized carbons (Fsp3) is 0.240. The molecule has 1 aromatic heterocycles. The second kappa shape index (κ2) is 7.84. The molecule has 2 aromatic carbocycles. The number of carbonyl (C=O) groups excluding carboxylic acids is 1. The van der Waals surface area contributed by atoms with Crippen LogP contribution in [0.5, 0.6) is 0 Å². The summed E-state index contributed by atoms with van der Waals surface area (Å²) in [4.78, 5) is 18.5. The number of hydrogen-bond donors (Lipinski definition) is 3. The Morgan fingerprint density at radius 2 is 2.03 bits per heavy atom. The molecule has 32 heavy (non-hydrogen) atoms. The van der Waals surface area contributed by atoms with E-state index < -0.39 is 11.4 Å². The number of benzene rings is 2. The molecule has 0 aliphatic carbocycles. The topological polar surface area (TPSA) is 103 Å². The van der Waals surface area contributed by atoms with Gasteiger partial charge in [-0.1, -0.05) is 18.2 Å². The van der Waals surface area contributed by atoms with Crippen LogP contribution in [0, 0.1) is 18.2 Å². The van der Waals surface area contributed by atoms with Crippen molar-refractivity contribution < 1.29 is 14.3 Å². The van der Waals surface area contributed by atoms with E-state index in [1.807, 2.05) is 6.07 Å². The first-order valence-electron chi connectivity index (χ1n) is 10.3. The average Bonchev–Trinajstić information content (AvgIpc) is 3.05. The number of hydrogen-bond acceptors (Lipinski definition) is 5. The van der Waals surface area contributed by atoms with Gasteiger partial charge in [-0.2, -0.15) is 0 Å². The molecule has 0 atom stereocenters. The third-order valence-corrected chi connectivity index (χ3v) is 5.92. The molecule has 0 radical (unpaired) electrons. The maximum atomic E-state index is 15.2. The van der Waals surface area contributed by atoms with E-state index in [9.17, 15) is 9.90 Å².